The highest BCUT2D eigenvalue weighted by Gasteiger charge is 2.28. The Kier molecular flexibility index (Phi) is 9.16. The normalized spacial score (nSPS) is 11.6. The van der Waals surface area contributed by atoms with Gasteiger partial charge < -0.3 is 19.5 Å². The highest BCUT2D eigenvalue weighted by molar-refractivity contribution is 5.98. The number of carbonyl (C=O) groups is 4. The summed E-state index contributed by atoms with van der Waals surface area (Å²) in [5, 5.41) is 2.50. The number of amides is 1. The highest BCUT2D eigenvalue weighted by Crippen LogP contribution is 2.21. The quantitative estimate of drug-likeness (QED) is 0.308. The summed E-state index contributed by atoms with van der Waals surface area (Å²) in [6, 6.07) is 22.2. The Morgan fingerprint density at radius 3 is 1.76 bits per heavy atom. The fourth-order valence-electron chi connectivity index (χ4n) is 3.24. The van der Waals surface area contributed by atoms with Crippen molar-refractivity contribution in [3.8, 4) is 5.75 Å². The van der Waals surface area contributed by atoms with Crippen LogP contribution in [0.25, 0.3) is 0 Å². The molecule has 192 valence electrons. The Morgan fingerprint density at radius 2 is 1.24 bits per heavy atom. The number of carbonyl (C=O) groups excluding carboxylic acids is 4. The van der Waals surface area contributed by atoms with Gasteiger partial charge in [0.1, 0.15) is 11.4 Å². The van der Waals surface area contributed by atoms with E-state index in [0.717, 1.165) is 0 Å². The standard InChI is InChI=1S/C29H29NO7/c1-29(2,3)37-28(34)30-26(27(33)36-19-25(32)21-12-8-5-9-13-21)22-14-16-23(17-15-22)35-18-24(31)20-10-6-4-7-11-20/h4-17,26H,18-19H2,1-3H3,(H,30,34). The molecule has 0 aliphatic rings. The smallest absolute Gasteiger partial charge is 0.408 e. The second-order valence-electron chi connectivity index (χ2n) is 9.12. The fraction of sp³-hybridized carbons (Fsp3) is 0.241. The number of hydrogen-bond donors (Lipinski definition) is 1. The summed E-state index contributed by atoms with van der Waals surface area (Å²) in [7, 11) is 0. The molecule has 8 nitrogen and oxygen atoms in total. The highest BCUT2D eigenvalue weighted by atomic mass is 16.6. The van der Waals surface area contributed by atoms with Crippen LogP contribution in [0.1, 0.15) is 53.1 Å². The third-order valence-electron chi connectivity index (χ3n) is 5.02. The lowest BCUT2D eigenvalue weighted by atomic mass is 10.1. The SMILES string of the molecule is CC(C)(C)OC(=O)NC(C(=O)OCC(=O)c1ccccc1)c1ccc(OCC(=O)c2ccccc2)cc1. The van der Waals surface area contributed by atoms with Gasteiger partial charge in [0, 0.05) is 11.1 Å². The van der Waals surface area contributed by atoms with Crippen molar-refractivity contribution in [2.75, 3.05) is 13.2 Å². The van der Waals surface area contributed by atoms with E-state index in [1.807, 2.05) is 6.07 Å². The molecule has 1 amide bonds. The van der Waals surface area contributed by atoms with E-state index in [4.69, 9.17) is 14.2 Å². The largest absolute Gasteiger partial charge is 0.485 e. The summed E-state index contributed by atoms with van der Waals surface area (Å²) in [6.07, 6.45) is -0.822. The monoisotopic (exact) mass is 503 g/mol. The van der Waals surface area contributed by atoms with E-state index in [1.165, 1.54) is 0 Å². The minimum atomic E-state index is -1.24. The lowest BCUT2D eigenvalue weighted by Crippen LogP contribution is -2.39. The maximum Gasteiger partial charge on any atom is 0.408 e. The van der Waals surface area contributed by atoms with Crippen molar-refractivity contribution < 1.29 is 33.4 Å². The lowest BCUT2D eigenvalue weighted by molar-refractivity contribution is -0.145. The van der Waals surface area contributed by atoms with Crippen LogP contribution < -0.4 is 10.1 Å². The van der Waals surface area contributed by atoms with Crippen molar-refractivity contribution in [3.05, 3.63) is 102 Å². The summed E-state index contributed by atoms with van der Waals surface area (Å²) in [5.74, 6) is -0.989. The minimum Gasteiger partial charge on any atom is -0.485 e. The van der Waals surface area contributed by atoms with Crippen molar-refractivity contribution in [1.82, 2.24) is 5.32 Å². The molecule has 0 aliphatic heterocycles. The van der Waals surface area contributed by atoms with Gasteiger partial charge in [-0.25, -0.2) is 9.59 Å². The van der Waals surface area contributed by atoms with Crippen LogP contribution in [0.4, 0.5) is 4.79 Å². The first-order valence-electron chi connectivity index (χ1n) is 11.7. The van der Waals surface area contributed by atoms with Gasteiger partial charge in [-0.1, -0.05) is 72.8 Å². The zero-order valence-electron chi connectivity index (χ0n) is 20.9. The van der Waals surface area contributed by atoms with Crippen molar-refractivity contribution in [2.24, 2.45) is 0 Å². The van der Waals surface area contributed by atoms with Gasteiger partial charge >= 0.3 is 12.1 Å². The Morgan fingerprint density at radius 1 is 0.730 bits per heavy atom. The van der Waals surface area contributed by atoms with Gasteiger partial charge in [0.15, 0.2) is 30.8 Å². The molecule has 0 bridgehead atoms. The van der Waals surface area contributed by atoms with Gasteiger partial charge in [0.2, 0.25) is 0 Å². The van der Waals surface area contributed by atoms with E-state index >= 15 is 0 Å². The number of esters is 1. The first-order chi connectivity index (χ1) is 17.6. The summed E-state index contributed by atoms with van der Waals surface area (Å²) in [4.78, 5) is 50.0. The zero-order valence-corrected chi connectivity index (χ0v) is 20.9. The number of ether oxygens (including phenoxy) is 3. The maximum atomic E-state index is 12.9. The van der Waals surface area contributed by atoms with Gasteiger partial charge in [0.25, 0.3) is 0 Å². The second kappa shape index (κ2) is 12.5. The first-order valence-corrected chi connectivity index (χ1v) is 11.7. The number of rotatable bonds is 10. The van der Waals surface area contributed by atoms with Crippen LogP contribution in [-0.4, -0.2) is 42.4 Å². The molecule has 1 unspecified atom stereocenters. The second-order valence-corrected chi connectivity index (χ2v) is 9.12. The minimum absolute atomic E-state index is 0.160. The summed E-state index contributed by atoms with van der Waals surface area (Å²) >= 11 is 0. The molecule has 0 radical (unpaired) electrons. The predicted molar refractivity (Wildman–Crippen MR) is 137 cm³/mol. The van der Waals surface area contributed by atoms with Crippen LogP contribution in [0.5, 0.6) is 5.75 Å². The third kappa shape index (κ3) is 8.61. The Labute approximate surface area is 215 Å². The third-order valence-corrected chi connectivity index (χ3v) is 5.02. The average molecular weight is 504 g/mol. The molecule has 3 aromatic rings. The molecule has 0 saturated heterocycles. The predicted octanol–water partition coefficient (Wildman–Crippen LogP) is 4.94. The van der Waals surface area contributed by atoms with Crippen molar-refractivity contribution >= 4 is 23.6 Å². The molecule has 1 N–H and O–H groups in total. The lowest BCUT2D eigenvalue weighted by Gasteiger charge is -2.23. The molecule has 0 aliphatic carbocycles. The maximum absolute atomic E-state index is 12.9. The molecular weight excluding hydrogens is 474 g/mol. The van der Waals surface area contributed by atoms with Crippen molar-refractivity contribution in [3.63, 3.8) is 0 Å². The van der Waals surface area contributed by atoms with Crippen LogP contribution in [0.15, 0.2) is 84.9 Å². The van der Waals surface area contributed by atoms with E-state index in [0.29, 0.717) is 22.4 Å². The van der Waals surface area contributed by atoms with Crippen LogP contribution >= 0.6 is 0 Å². The van der Waals surface area contributed by atoms with Crippen LogP contribution in [0, 0.1) is 0 Å². The Bertz CT molecular complexity index is 1220. The summed E-state index contributed by atoms with van der Waals surface area (Å²) in [5.41, 5.74) is 0.530. The van der Waals surface area contributed by atoms with E-state index in [9.17, 15) is 19.2 Å². The zero-order chi connectivity index (χ0) is 26.8. The van der Waals surface area contributed by atoms with Gasteiger partial charge in [0.05, 0.1) is 0 Å². The molecule has 0 heterocycles. The van der Waals surface area contributed by atoms with Crippen molar-refractivity contribution in [1.29, 1.82) is 0 Å². The van der Waals surface area contributed by atoms with Crippen LogP contribution in [0.3, 0.4) is 0 Å². The molecule has 1 atom stereocenters. The van der Waals surface area contributed by atoms with Gasteiger partial charge in [-0.2, -0.15) is 0 Å². The first kappa shape index (κ1) is 27.1. The molecule has 0 fully saturated rings. The van der Waals surface area contributed by atoms with E-state index in [2.05, 4.69) is 5.32 Å². The molecule has 3 rings (SSSR count). The van der Waals surface area contributed by atoms with Gasteiger partial charge in [-0.05, 0) is 38.5 Å². The van der Waals surface area contributed by atoms with E-state index < -0.39 is 30.3 Å². The number of nitrogens with one attached hydrogen (secondary N) is 1. The molecular formula is C29H29NO7. The summed E-state index contributed by atoms with van der Waals surface area (Å²) < 4.78 is 16.1. The van der Waals surface area contributed by atoms with Gasteiger partial charge in [-0.15, -0.1) is 0 Å². The number of hydrogen-bond acceptors (Lipinski definition) is 7. The summed E-state index contributed by atoms with van der Waals surface area (Å²) in [6.45, 7) is 4.44. The van der Waals surface area contributed by atoms with Crippen molar-refractivity contribution in [2.45, 2.75) is 32.4 Å². The number of benzene rings is 3. The molecule has 0 saturated carbocycles. The molecule has 8 heteroatoms. The van der Waals surface area contributed by atoms with Crippen LogP contribution in [0.2, 0.25) is 0 Å². The molecule has 37 heavy (non-hydrogen) atoms. The Balaban J connectivity index is 1.69. The van der Waals surface area contributed by atoms with E-state index in [1.54, 1.807) is 99.6 Å². The Hall–Kier alpha value is -4.46. The number of ketones is 2. The van der Waals surface area contributed by atoms with Gasteiger partial charge in [-0.3, -0.25) is 9.59 Å². The molecule has 3 aromatic carbocycles. The van der Waals surface area contributed by atoms with Crippen LogP contribution in [-0.2, 0) is 14.3 Å². The topological polar surface area (TPSA) is 108 Å². The van der Waals surface area contributed by atoms with E-state index in [-0.39, 0.29) is 18.2 Å². The fourth-order valence-corrected chi connectivity index (χ4v) is 3.24. The molecule has 0 aromatic heterocycles. The number of Topliss-reactive ketones (excluding diaryl/α,β-unsaturated/α-hetero) is 2. The number of alkyl carbamates (subject to hydrolysis) is 1. The molecule has 0 spiro atoms. The average Bonchev–Trinajstić information content (AvgIpc) is 2.89.